The van der Waals surface area contributed by atoms with Crippen LogP contribution in [0, 0.1) is 11.3 Å². The average Bonchev–Trinajstić information content (AvgIpc) is 2.75. The van der Waals surface area contributed by atoms with Gasteiger partial charge < -0.3 is 15.0 Å². The third-order valence-corrected chi connectivity index (χ3v) is 4.53. The molecule has 1 N–H and O–H groups in total. The standard InChI is InChI=1S/C20H24N6O2/c21-7-6-17-2-4-18(5-3-17)28-16-19(27)22-10-11-25-12-14-26(15-13-25)20-23-8-1-9-24-20/h1-5,8-9H,6,10-16H2,(H,22,27). The largest absolute Gasteiger partial charge is 0.484 e. The highest BCUT2D eigenvalue weighted by Gasteiger charge is 2.18. The smallest absolute Gasteiger partial charge is 0.257 e. The minimum atomic E-state index is -0.141. The second-order valence-corrected chi connectivity index (χ2v) is 6.49. The molecule has 146 valence electrons. The molecule has 0 aliphatic carbocycles. The minimum Gasteiger partial charge on any atom is -0.484 e. The lowest BCUT2D eigenvalue weighted by molar-refractivity contribution is -0.123. The molecule has 8 heteroatoms. The van der Waals surface area contributed by atoms with E-state index in [9.17, 15) is 4.79 Å². The van der Waals surface area contributed by atoms with Crippen LogP contribution in [0.3, 0.4) is 0 Å². The van der Waals surface area contributed by atoms with Gasteiger partial charge in [0.05, 0.1) is 12.5 Å². The van der Waals surface area contributed by atoms with Gasteiger partial charge in [-0.1, -0.05) is 12.1 Å². The van der Waals surface area contributed by atoms with Gasteiger partial charge in [-0.05, 0) is 23.8 Å². The van der Waals surface area contributed by atoms with E-state index in [4.69, 9.17) is 10.00 Å². The van der Waals surface area contributed by atoms with Crippen molar-refractivity contribution in [2.75, 3.05) is 50.8 Å². The van der Waals surface area contributed by atoms with Gasteiger partial charge in [0.15, 0.2) is 6.61 Å². The van der Waals surface area contributed by atoms with Crippen LogP contribution in [-0.4, -0.2) is 66.7 Å². The molecular weight excluding hydrogens is 356 g/mol. The predicted molar refractivity (Wildman–Crippen MR) is 105 cm³/mol. The van der Waals surface area contributed by atoms with Gasteiger partial charge in [0.1, 0.15) is 5.75 Å². The SMILES string of the molecule is N#CCc1ccc(OCC(=O)NCCN2CCN(c3ncccn3)CC2)cc1. The number of carbonyl (C=O) groups excluding carboxylic acids is 1. The van der Waals surface area contributed by atoms with Crippen molar-refractivity contribution in [3.63, 3.8) is 0 Å². The molecule has 0 spiro atoms. The first kappa shape index (κ1) is 19.6. The number of nitrogens with one attached hydrogen (secondary N) is 1. The molecule has 0 saturated carbocycles. The van der Waals surface area contributed by atoms with E-state index < -0.39 is 0 Å². The fourth-order valence-corrected chi connectivity index (χ4v) is 2.97. The van der Waals surface area contributed by atoms with Gasteiger partial charge in [-0.25, -0.2) is 9.97 Å². The first-order valence-electron chi connectivity index (χ1n) is 9.34. The first-order valence-corrected chi connectivity index (χ1v) is 9.34. The van der Waals surface area contributed by atoms with Gasteiger partial charge >= 0.3 is 0 Å². The summed E-state index contributed by atoms with van der Waals surface area (Å²) in [7, 11) is 0. The van der Waals surface area contributed by atoms with Crippen molar-refractivity contribution in [1.82, 2.24) is 20.2 Å². The summed E-state index contributed by atoms with van der Waals surface area (Å²) in [5, 5.41) is 11.5. The Morgan fingerprint density at radius 3 is 2.54 bits per heavy atom. The van der Waals surface area contributed by atoms with Gasteiger partial charge in [-0.3, -0.25) is 9.69 Å². The summed E-state index contributed by atoms with van der Waals surface area (Å²) in [5.74, 6) is 1.25. The summed E-state index contributed by atoms with van der Waals surface area (Å²) < 4.78 is 5.48. The highest BCUT2D eigenvalue weighted by molar-refractivity contribution is 5.77. The minimum absolute atomic E-state index is 0.0171. The Bertz CT molecular complexity index is 783. The molecule has 1 aromatic carbocycles. The number of rotatable bonds is 8. The van der Waals surface area contributed by atoms with Gasteiger partial charge in [0, 0.05) is 51.7 Å². The molecule has 1 aliphatic rings. The molecule has 28 heavy (non-hydrogen) atoms. The summed E-state index contributed by atoms with van der Waals surface area (Å²) in [5.41, 5.74) is 0.929. The molecule has 1 saturated heterocycles. The Morgan fingerprint density at radius 2 is 1.86 bits per heavy atom. The number of aromatic nitrogens is 2. The predicted octanol–water partition coefficient (Wildman–Crippen LogP) is 0.860. The third-order valence-electron chi connectivity index (χ3n) is 4.53. The molecule has 0 bridgehead atoms. The number of hydrogen-bond donors (Lipinski definition) is 1. The number of amides is 1. The van der Waals surface area contributed by atoms with Gasteiger partial charge in [0.25, 0.3) is 5.91 Å². The van der Waals surface area contributed by atoms with E-state index in [0.29, 0.717) is 18.7 Å². The van der Waals surface area contributed by atoms with Crippen LogP contribution in [0.15, 0.2) is 42.7 Å². The summed E-state index contributed by atoms with van der Waals surface area (Å²) >= 11 is 0. The molecule has 0 radical (unpaired) electrons. The van der Waals surface area contributed by atoms with E-state index in [-0.39, 0.29) is 12.5 Å². The molecule has 3 rings (SSSR count). The van der Waals surface area contributed by atoms with E-state index in [1.54, 1.807) is 24.5 Å². The van der Waals surface area contributed by atoms with E-state index in [1.165, 1.54) is 0 Å². The highest BCUT2D eigenvalue weighted by Crippen LogP contribution is 2.12. The molecule has 0 atom stereocenters. The Kier molecular flexibility index (Phi) is 7.15. The molecule has 1 fully saturated rings. The third kappa shape index (κ3) is 5.93. The Morgan fingerprint density at radius 1 is 1.14 bits per heavy atom. The molecule has 1 amide bonds. The molecular formula is C20H24N6O2. The second kappa shape index (κ2) is 10.2. The summed E-state index contributed by atoms with van der Waals surface area (Å²) in [6.45, 7) is 4.96. The molecule has 2 heterocycles. The number of carbonyl (C=O) groups is 1. The van der Waals surface area contributed by atoms with E-state index in [2.05, 4.69) is 31.2 Å². The quantitative estimate of drug-likeness (QED) is 0.726. The van der Waals surface area contributed by atoms with Crippen molar-refractivity contribution in [3.8, 4) is 11.8 Å². The van der Waals surface area contributed by atoms with Gasteiger partial charge in [-0.2, -0.15) is 5.26 Å². The van der Waals surface area contributed by atoms with Crippen molar-refractivity contribution >= 4 is 11.9 Å². The van der Waals surface area contributed by atoms with Crippen molar-refractivity contribution in [3.05, 3.63) is 48.3 Å². The summed E-state index contributed by atoms with van der Waals surface area (Å²) in [4.78, 5) is 25.0. The number of anilines is 1. The number of piperazine rings is 1. The number of hydrogen-bond acceptors (Lipinski definition) is 7. The Hall–Kier alpha value is -3.18. The monoisotopic (exact) mass is 380 g/mol. The lowest BCUT2D eigenvalue weighted by atomic mass is 10.2. The maximum atomic E-state index is 11.9. The van der Waals surface area contributed by atoms with E-state index in [0.717, 1.165) is 44.2 Å². The van der Waals surface area contributed by atoms with Crippen molar-refractivity contribution < 1.29 is 9.53 Å². The van der Waals surface area contributed by atoms with Crippen molar-refractivity contribution in [2.45, 2.75) is 6.42 Å². The first-order chi connectivity index (χ1) is 13.7. The van der Waals surface area contributed by atoms with Gasteiger partial charge in [-0.15, -0.1) is 0 Å². The van der Waals surface area contributed by atoms with Crippen LogP contribution in [-0.2, 0) is 11.2 Å². The zero-order valence-electron chi connectivity index (χ0n) is 15.8. The van der Waals surface area contributed by atoms with Crippen LogP contribution in [0.4, 0.5) is 5.95 Å². The van der Waals surface area contributed by atoms with Crippen LogP contribution >= 0.6 is 0 Å². The fraction of sp³-hybridized carbons (Fsp3) is 0.400. The fourth-order valence-electron chi connectivity index (χ4n) is 2.97. The van der Waals surface area contributed by atoms with Crippen LogP contribution in [0.5, 0.6) is 5.75 Å². The Balaban J connectivity index is 1.30. The zero-order valence-corrected chi connectivity index (χ0v) is 15.8. The molecule has 0 unspecified atom stereocenters. The topological polar surface area (TPSA) is 94.4 Å². The zero-order chi connectivity index (χ0) is 19.6. The average molecular weight is 380 g/mol. The van der Waals surface area contributed by atoms with Crippen LogP contribution in [0.25, 0.3) is 0 Å². The Labute approximate surface area is 164 Å². The second-order valence-electron chi connectivity index (χ2n) is 6.49. The maximum absolute atomic E-state index is 11.9. The van der Waals surface area contributed by atoms with E-state index >= 15 is 0 Å². The number of nitrogens with zero attached hydrogens (tertiary/aromatic N) is 5. The van der Waals surface area contributed by atoms with Crippen molar-refractivity contribution in [1.29, 1.82) is 5.26 Å². The normalized spacial score (nSPS) is 14.3. The number of ether oxygens (including phenoxy) is 1. The van der Waals surface area contributed by atoms with E-state index in [1.807, 2.05) is 18.2 Å². The maximum Gasteiger partial charge on any atom is 0.257 e. The molecule has 2 aromatic rings. The summed E-state index contributed by atoms with van der Waals surface area (Å²) in [6, 6.07) is 11.1. The highest BCUT2D eigenvalue weighted by atomic mass is 16.5. The van der Waals surface area contributed by atoms with Crippen molar-refractivity contribution in [2.24, 2.45) is 0 Å². The van der Waals surface area contributed by atoms with Crippen LogP contribution in [0.2, 0.25) is 0 Å². The lowest BCUT2D eigenvalue weighted by Crippen LogP contribution is -2.49. The van der Waals surface area contributed by atoms with Gasteiger partial charge in [0.2, 0.25) is 5.95 Å². The van der Waals surface area contributed by atoms with Crippen LogP contribution < -0.4 is 15.0 Å². The molecule has 8 nitrogen and oxygen atoms in total. The number of nitriles is 1. The molecule has 1 aromatic heterocycles. The van der Waals surface area contributed by atoms with Crippen LogP contribution in [0.1, 0.15) is 5.56 Å². The molecule has 1 aliphatic heterocycles. The number of benzene rings is 1. The summed E-state index contributed by atoms with van der Waals surface area (Å²) in [6.07, 6.45) is 3.88. The lowest BCUT2D eigenvalue weighted by Gasteiger charge is -2.34.